The fourth-order valence-corrected chi connectivity index (χ4v) is 3.37. The average molecular weight is 330 g/mol. The SMILES string of the molecule is Cc1cc(Br)ccc1N1C(=O)CSCC1C(=O)O. The van der Waals surface area contributed by atoms with Crippen LogP contribution in [-0.2, 0) is 9.59 Å². The van der Waals surface area contributed by atoms with Gasteiger partial charge in [0.2, 0.25) is 5.91 Å². The quantitative estimate of drug-likeness (QED) is 0.904. The molecule has 1 aliphatic rings. The molecule has 1 amide bonds. The molecule has 1 N–H and O–H groups in total. The number of thioether (sulfide) groups is 1. The Labute approximate surface area is 117 Å². The Bertz CT molecular complexity index is 506. The van der Waals surface area contributed by atoms with Gasteiger partial charge in [-0.05, 0) is 30.7 Å². The van der Waals surface area contributed by atoms with Gasteiger partial charge >= 0.3 is 5.97 Å². The van der Waals surface area contributed by atoms with E-state index in [1.807, 2.05) is 19.1 Å². The Morgan fingerprint density at radius 1 is 1.56 bits per heavy atom. The molecule has 1 saturated heterocycles. The molecule has 1 unspecified atom stereocenters. The fourth-order valence-electron chi connectivity index (χ4n) is 1.95. The summed E-state index contributed by atoms with van der Waals surface area (Å²) in [6.45, 7) is 1.87. The van der Waals surface area contributed by atoms with Gasteiger partial charge in [0.15, 0.2) is 0 Å². The van der Waals surface area contributed by atoms with Crippen LogP contribution in [0.15, 0.2) is 22.7 Å². The van der Waals surface area contributed by atoms with Crippen molar-refractivity contribution in [3.8, 4) is 0 Å². The van der Waals surface area contributed by atoms with Crippen LogP contribution in [0, 0.1) is 6.92 Å². The molecule has 0 saturated carbocycles. The number of hydrogen-bond donors (Lipinski definition) is 1. The smallest absolute Gasteiger partial charge is 0.327 e. The molecule has 4 nitrogen and oxygen atoms in total. The first-order valence-corrected chi connectivity index (χ1v) is 7.34. The molecule has 0 aromatic heterocycles. The van der Waals surface area contributed by atoms with E-state index in [0.717, 1.165) is 10.0 Å². The Morgan fingerprint density at radius 3 is 2.89 bits per heavy atom. The fraction of sp³-hybridized carbons (Fsp3) is 0.333. The molecule has 6 heteroatoms. The summed E-state index contributed by atoms with van der Waals surface area (Å²) < 4.78 is 0.912. The molecule has 1 aromatic carbocycles. The molecular formula is C12H12BrNO3S. The third-order valence-corrected chi connectivity index (χ3v) is 4.28. The summed E-state index contributed by atoms with van der Waals surface area (Å²) in [5.74, 6) is -0.350. The molecule has 1 heterocycles. The number of carbonyl (C=O) groups is 2. The molecule has 18 heavy (non-hydrogen) atoms. The monoisotopic (exact) mass is 329 g/mol. The summed E-state index contributed by atoms with van der Waals surface area (Å²) in [4.78, 5) is 24.6. The van der Waals surface area contributed by atoms with E-state index < -0.39 is 12.0 Å². The number of rotatable bonds is 2. The van der Waals surface area contributed by atoms with Crippen LogP contribution in [0.4, 0.5) is 5.69 Å². The van der Waals surface area contributed by atoms with Gasteiger partial charge in [-0.3, -0.25) is 9.69 Å². The van der Waals surface area contributed by atoms with Crippen LogP contribution in [-0.4, -0.2) is 34.5 Å². The third-order valence-electron chi connectivity index (χ3n) is 2.79. The average Bonchev–Trinajstić information content (AvgIpc) is 2.29. The van der Waals surface area contributed by atoms with Gasteiger partial charge in [0, 0.05) is 15.9 Å². The van der Waals surface area contributed by atoms with Gasteiger partial charge in [0.05, 0.1) is 5.75 Å². The highest BCUT2D eigenvalue weighted by Crippen LogP contribution is 2.29. The van der Waals surface area contributed by atoms with E-state index >= 15 is 0 Å². The Morgan fingerprint density at radius 2 is 2.28 bits per heavy atom. The highest BCUT2D eigenvalue weighted by atomic mass is 79.9. The molecule has 1 fully saturated rings. The second-order valence-corrected chi connectivity index (χ2v) is 6.01. The largest absolute Gasteiger partial charge is 0.480 e. The van der Waals surface area contributed by atoms with Crippen LogP contribution in [0.1, 0.15) is 5.56 Å². The maximum absolute atomic E-state index is 12.0. The number of aliphatic carboxylic acids is 1. The lowest BCUT2D eigenvalue weighted by Crippen LogP contribution is -2.51. The molecule has 0 spiro atoms. The summed E-state index contributed by atoms with van der Waals surface area (Å²) in [5.41, 5.74) is 1.56. The van der Waals surface area contributed by atoms with E-state index in [2.05, 4.69) is 15.9 Å². The first kappa shape index (κ1) is 13.4. The van der Waals surface area contributed by atoms with Crippen LogP contribution in [0.5, 0.6) is 0 Å². The number of carboxylic acid groups (broad SMARTS) is 1. The number of benzene rings is 1. The first-order valence-electron chi connectivity index (χ1n) is 5.39. The number of hydrogen-bond acceptors (Lipinski definition) is 3. The van der Waals surface area contributed by atoms with Crippen molar-refractivity contribution in [1.82, 2.24) is 0 Å². The molecule has 0 radical (unpaired) electrons. The van der Waals surface area contributed by atoms with Crippen molar-refractivity contribution in [2.45, 2.75) is 13.0 Å². The van der Waals surface area contributed by atoms with Gasteiger partial charge in [0.25, 0.3) is 0 Å². The predicted octanol–water partition coefficient (Wildman–Crippen LogP) is 2.29. The maximum Gasteiger partial charge on any atom is 0.327 e. The summed E-state index contributed by atoms with van der Waals surface area (Å²) in [6.07, 6.45) is 0. The zero-order valence-electron chi connectivity index (χ0n) is 9.72. The van der Waals surface area contributed by atoms with Crippen molar-refractivity contribution in [2.24, 2.45) is 0 Å². The molecule has 1 aliphatic heterocycles. The van der Waals surface area contributed by atoms with Crippen LogP contribution in [0.2, 0.25) is 0 Å². The number of carbonyl (C=O) groups excluding carboxylic acids is 1. The van der Waals surface area contributed by atoms with Gasteiger partial charge in [-0.15, -0.1) is 11.8 Å². The second kappa shape index (κ2) is 5.32. The molecule has 1 atom stereocenters. The summed E-state index contributed by atoms with van der Waals surface area (Å²) >= 11 is 4.72. The van der Waals surface area contributed by atoms with E-state index in [-0.39, 0.29) is 5.91 Å². The molecule has 2 rings (SSSR count). The number of carboxylic acids is 1. The van der Waals surface area contributed by atoms with E-state index in [9.17, 15) is 14.7 Å². The lowest BCUT2D eigenvalue weighted by Gasteiger charge is -2.33. The van der Waals surface area contributed by atoms with Crippen molar-refractivity contribution in [2.75, 3.05) is 16.4 Å². The minimum atomic E-state index is -0.960. The van der Waals surface area contributed by atoms with Gasteiger partial charge < -0.3 is 5.11 Å². The van der Waals surface area contributed by atoms with Gasteiger partial charge in [-0.1, -0.05) is 15.9 Å². The summed E-state index contributed by atoms with van der Waals surface area (Å²) in [6, 6.07) is 4.69. The zero-order valence-corrected chi connectivity index (χ0v) is 12.1. The number of anilines is 1. The molecule has 0 bridgehead atoms. The molecule has 96 valence electrons. The van der Waals surface area contributed by atoms with E-state index in [4.69, 9.17) is 0 Å². The number of aryl methyl sites for hydroxylation is 1. The van der Waals surface area contributed by atoms with Gasteiger partial charge in [-0.2, -0.15) is 0 Å². The minimum absolute atomic E-state index is 0.149. The first-order chi connectivity index (χ1) is 8.50. The summed E-state index contributed by atoms with van der Waals surface area (Å²) in [7, 11) is 0. The Kier molecular flexibility index (Phi) is 3.97. The topological polar surface area (TPSA) is 57.6 Å². The van der Waals surface area contributed by atoms with E-state index in [1.165, 1.54) is 16.7 Å². The Balaban J connectivity index is 2.43. The Hall–Kier alpha value is -1.01. The number of nitrogens with zero attached hydrogens (tertiary/aromatic N) is 1. The van der Waals surface area contributed by atoms with Crippen LogP contribution < -0.4 is 4.90 Å². The summed E-state index contributed by atoms with van der Waals surface area (Å²) in [5, 5.41) is 9.22. The van der Waals surface area contributed by atoms with Crippen molar-refractivity contribution >= 4 is 45.3 Å². The van der Waals surface area contributed by atoms with E-state index in [0.29, 0.717) is 17.2 Å². The predicted molar refractivity (Wildman–Crippen MR) is 75.1 cm³/mol. The maximum atomic E-state index is 12.0. The zero-order chi connectivity index (χ0) is 13.3. The third kappa shape index (κ3) is 2.54. The molecule has 1 aromatic rings. The van der Waals surface area contributed by atoms with Crippen LogP contribution in [0.25, 0.3) is 0 Å². The van der Waals surface area contributed by atoms with Crippen molar-refractivity contribution < 1.29 is 14.7 Å². The van der Waals surface area contributed by atoms with Crippen molar-refractivity contribution in [1.29, 1.82) is 0 Å². The van der Waals surface area contributed by atoms with Gasteiger partial charge in [0.1, 0.15) is 6.04 Å². The normalized spacial score (nSPS) is 20.0. The minimum Gasteiger partial charge on any atom is -0.480 e. The standard InChI is InChI=1S/C12H12BrNO3S/c1-7-4-8(13)2-3-9(7)14-10(12(16)17)5-18-6-11(14)15/h2-4,10H,5-6H2,1H3,(H,16,17). The van der Waals surface area contributed by atoms with Crippen molar-refractivity contribution in [3.05, 3.63) is 28.2 Å². The molecular weight excluding hydrogens is 318 g/mol. The molecule has 0 aliphatic carbocycles. The highest BCUT2D eigenvalue weighted by molar-refractivity contribution is 9.10. The number of halogens is 1. The van der Waals surface area contributed by atoms with Crippen LogP contribution >= 0.6 is 27.7 Å². The second-order valence-electron chi connectivity index (χ2n) is 4.06. The van der Waals surface area contributed by atoms with E-state index in [1.54, 1.807) is 6.07 Å². The van der Waals surface area contributed by atoms with Crippen molar-refractivity contribution in [3.63, 3.8) is 0 Å². The lowest BCUT2D eigenvalue weighted by molar-refractivity contribution is -0.139. The van der Waals surface area contributed by atoms with Gasteiger partial charge in [-0.25, -0.2) is 4.79 Å². The lowest BCUT2D eigenvalue weighted by atomic mass is 10.1. The number of amides is 1. The highest BCUT2D eigenvalue weighted by Gasteiger charge is 2.35. The van der Waals surface area contributed by atoms with Crippen LogP contribution in [0.3, 0.4) is 0 Å².